The van der Waals surface area contributed by atoms with Crippen molar-refractivity contribution in [3.63, 3.8) is 0 Å². The van der Waals surface area contributed by atoms with Crippen molar-refractivity contribution >= 4 is 50.3 Å². The summed E-state index contributed by atoms with van der Waals surface area (Å²) >= 11 is 1.59. The van der Waals surface area contributed by atoms with Crippen molar-refractivity contribution in [2.45, 2.75) is 20.8 Å². The maximum atomic E-state index is 12.6. The molecule has 0 saturated carbocycles. The second kappa shape index (κ2) is 12.1. The molecule has 5 aromatic rings. The van der Waals surface area contributed by atoms with Crippen LogP contribution in [0.3, 0.4) is 0 Å². The lowest BCUT2D eigenvalue weighted by atomic mass is 10.1. The number of fused-ring (bicyclic) bond motifs is 1. The average Bonchev–Trinajstić information content (AvgIpc) is 3.41. The molecule has 0 atom stereocenters. The smallest absolute Gasteiger partial charge is 0.255 e. The average molecular weight is 512 g/mol. The van der Waals surface area contributed by atoms with Gasteiger partial charge in [-0.2, -0.15) is 0 Å². The van der Waals surface area contributed by atoms with Gasteiger partial charge >= 0.3 is 0 Å². The molecule has 4 N–H and O–H groups in total. The minimum Gasteiger partial charge on any atom is -0.339 e. The number of hydrogen-bond acceptors (Lipinski definition) is 8. The Hall–Kier alpha value is -4.34. The van der Waals surface area contributed by atoms with Crippen LogP contribution in [0.25, 0.3) is 21.6 Å². The third-order valence-electron chi connectivity index (χ3n) is 5.37. The van der Waals surface area contributed by atoms with Crippen molar-refractivity contribution in [1.29, 1.82) is 0 Å². The van der Waals surface area contributed by atoms with Gasteiger partial charge in [0.25, 0.3) is 5.91 Å². The monoisotopic (exact) mass is 511 g/mol. The van der Waals surface area contributed by atoms with Crippen molar-refractivity contribution < 1.29 is 4.79 Å². The highest BCUT2D eigenvalue weighted by Gasteiger charge is 2.13. The second-order valence-corrected chi connectivity index (χ2v) is 8.75. The maximum Gasteiger partial charge on any atom is 0.255 e. The summed E-state index contributed by atoms with van der Waals surface area (Å²) in [6.07, 6.45) is 3.19. The van der Waals surface area contributed by atoms with Gasteiger partial charge in [-0.05, 0) is 66.4 Å². The van der Waals surface area contributed by atoms with Crippen LogP contribution in [-0.2, 0) is 0 Å². The van der Waals surface area contributed by atoms with E-state index >= 15 is 0 Å². The van der Waals surface area contributed by atoms with Gasteiger partial charge in [-0.15, -0.1) is 11.3 Å². The number of amides is 1. The van der Waals surface area contributed by atoms with E-state index in [1.807, 2.05) is 75.7 Å². The summed E-state index contributed by atoms with van der Waals surface area (Å²) in [7, 11) is 1.83. The summed E-state index contributed by atoms with van der Waals surface area (Å²) in [5.41, 5.74) is 12.0. The van der Waals surface area contributed by atoms with Crippen LogP contribution >= 0.6 is 11.3 Å². The number of benzene rings is 2. The molecule has 0 unspecified atom stereocenters. The van der Waals surface area contributed by atoms with Crippen LogP contribution in [0.1, 0.15) is 29.8 Å². The third kappa shape index (κ3) is 6.08. The zero-order valence-electron chi connectivity index (χ0n) is 21.2. The quantitative estimate of drug-likeness (QED) is 0.182. The Morgan fingerprint density at radius 1 is 0.919 bits per heavy atom. The van der Waals surface area contributed by atoms with E-state index in [9.17, 15) is 4.79 Å². The topological polar surface area (TPSA) is 104 Å². The lowest BCUT2D eigenvalue weighted by Crippen LogP contribution is -2.15. The lowest BCUT2D eigenvalue weighted by Gasteiger charge is -2.13. The number of carbonyl (C=O) groups is 1. The number of nitrogens with one attached hydrogen (secondary N) is 4. The number of nitrogens with zero attached hydrogens (tertiary/aromatic N) is 3. The Balaban J connectivity index is 0.00000156. The van der Waals surface area contributed by atoms with Gasteiger partial charge in [0.2, 0.25) is 0 Å². The zero-order chi connectivity index (χ0) is 26.2. The predicted molar refractivity (Wildman–Crippen MR) is 154 cm³/mol. The minimum atomic E-state index is -0.201. The van der Waals surface area contributed by atoms with Crippen molar-refractivity contribution in [2.24, 2.45) is 0 Å². The molecule has 0 spiro atoms. The van der Waals surface area contributed by atoms with Gasteiger partial charge in [0.15, 0.2) is 11.6 Å². The fourth-order valence-electron chi connectivity index (χ4n) is 3.67. The third-order valence-corrected chi connectivity index (χ3v) is 6.28. The highest BCUT2D eigenvalue weighted by atomic mass is 32.1. The molecule has 0 radical (unpaired) electrons. The summed E-state index contributed by atoms with van der Waals surface area (Å²) in [5, 5.41) is 8.39. The molecule has 8 nitrogen and oxygen atoms in total. The first kappa shape index (κ1) is 25.7. The van der Waals surface area contributed by atoms with Crippen LogP contribution in [0.2, 0.25) is 0 Å². The van der Waals surface area contributed by atoms with Crippen molar-refractivity contribution in [3.05, 3.63) is 89.6 Å². The van der Waals surface area contributed by atoms with Crippen LogP contribution < -0.4 is 21.5 Å². The number of anilines is 4. The van der Waals surface area contributed by atoms with Gasteiger partial charge in [-0.3, -0.25) is 9.78 Å². The molecule has 9 heteroatoms. The number of rotatable bonds is 7. The minimum absolute atomic E-state index is 0.201. The summed E-state index contributed by atoms with van der Waals surface area (Å²) in [5.74, 6) is 1.11. The van der Waals surface area contributed by atoms with Crippen molar-refractivity contribution in [1.82, 2.24) is 20.4 Å². The lowest BCUT2D eigenvalue weighted by molar-refractivity contribution is 0.102. The number of aromatic nitrogens is 3. The summed E-state index contributed by atoms with van der Waals surface area (Å²) in [6, 6.07) is 18.9. The standard InChI is InChI=1S/C26H23N7OS.C2H6/c1-16-14-20(6-7-21(16)33-27-2)29-25-23-22(10-13-35-23)31-24(32-25)18-4-3-5-19(15-18)30-26(34)17-8-11-28-12-9-17;1-2/h3-15,27,33H,1-2H3,(H,30,34)(H,29,31,32);1-2H3. The van der Waals surface area contributed by atoms with Crippen LogP contribution in [0, 0.1) is 6.92 Å². The van der Waals surface area contributed by atoms with E-state index in [-0.39, 0.29) is 5.91 Å². The SMILES string of the molecule is CC.CNNc1ccc(Nc2nc(-c3cccc(NC(=O)c4ccncc4)c3)nc3ccsc23)cc1C. The summed E-state index contributed by atoms with van der Waals surface area (Å²) in [6.45, 7) is 6.04. The molecule has 3 aromatic heterocycles. The molecule has 0 saturated heterocycles. The van der Waals surface area contributed by atoms with Gasteiger partial charge < -0.3 is 16.1 Å². The largest absolute Gasteiger partial charge is 0.339 e. The number of aryl methyl sites for hydroxylation is 1. The van der Waals surface area contributed by atoms with Crippen LogP contribution in [-0.4, -0.2) is 27.9 Å². The van der Waals surface area contributed by atoms with Crippen LogP contribution in [0.15, 0.2) is 78.4 Å². The Morgan fingerprint density at radius 3 is 2.49 bits per heavy atom. The highest BCUT2D eigenvalue weighted by Crippen LogP contribution is 2.32. The predicted octanol–water partition coefficient (Wildman–Crippen LogP) is 6.63. The normalized spacial score (nSPS) is 10.4. The molecule has 0 aliphatic carbocycles. The summed E-state index contributed by atoms with van der Waals surface area (Å²) in [4.78, 5) is 26.1. The second-order valence-electron chi connectivity index (χ2n) is 7.83. The first-order valence-electron chi connectivity index (χ1n) is 12.0. The maximum absolute atomic E-state index is 12.6. The Kier molecular flexibility index (Phi) is 8.40. The van der Waals surface area contributed by atoms with E-state index in [0.29, 0.717) is 17.1 Å². The Morgan fingerprint density at radius 2 is 1.73 bits per heavy atom. The Labute approximate surface area is 220 Å². The fourth-order valence-corrected chi connectivity index (χ4v) is 4.45. The number of hydrazine groups is 1. The van der Waals surface area contributed by atoms with Gasteiger partial charge in [0.1, 0.15) is 0 Å². The number of thiophene rings is 1. The first-order valence-corrected chi connectivity index (χ1v) is 12.9. The van der Waals surface area contributed by atoms with Crippen LogP contribution in [0.5, 0.6) is 0 Å². The highest BCUT2D eigenvalue weighted by molar-refractivity contribution is 7.17. The van der Waals surface area contributed by atoms with Gasteiger partial charge in [-0.25, -0.2) is 15.4 Å². The van der Waals surface area contributed by atoms with Gasteiger partial charge in [0, 0.05) is 41.9 Å². The molecule has 1 amide bonds. The molecular formula is C28H29N7OS. The molecule has 0 aliphatic rings. The van der Waals surface area contributed by atoms with E-state index in [1.165, 1.54) is 0 Å². The zero-order valence-corrected chi connectivity index (χ0v) is 22.0. The molecule has 0 bridgehead atoms. The van der Waals surface area contributed by atoms with E-state index < -0.39 is 0 Å². The van der Waals surface area contributed by atoms with E-state index in [4.69, 9.17) is 9.97 Å². The summed E-state index contributed by atoms with van der Waals surface area (Å²) < 4.78 is 0.978. The van der Waals surface area contributed by atoms with E-state index in [1.54, 1.807) is 35.9 Å². The number of carbonyl (C=O) groups excluding carboxylic acids is 1. The first-order chi connectivity index (χ1) is 18.1. The molecular weight excluding hydrogens is 482 g/mol. The van der Waals surface area contributed by atoms with E-state index in [0.717, 1.165) is 38.5 Å². The molecule has 37 heavy (non-hydrogen) atoms. The van der Waals surface area contributed by atoms with Gasteiger partial charge in [0.05, 0.1) is 15.9 Å². The number of pyridine rings is 1. The van der Waals surface area contributed by atoms with Crippen molar-refractivity contribution in [3.8, 4) is 11.4 Å². The number of hydrogen-bond donors (Lipinski definition) is 4. The van der Waals surface area contributed by atoms with Crippen molar-refractivity contribution in [2.75, 3.05) is 23.1 Å². The molecule has 2 aromatic carbocycles. The van der Waals surface area contributed by atoms with Crippen LogP contribution in [0.4, 0.5) is 22.9 Å². The molecule has 188 valence electrons. The molecule has 5 rings (SSSR count). The van der Waals surface area contributed by atoms with E-state index in [2.05, 4.69) is 32.5 Å². The molecule has 3 heterocycles. The fraction of sp³-hybridized carbons (Fsp3) is 0.143. The van der Waals surface area contributed by atoms with Gasteiger partial charge in [-0.1, -0.05) is 26.0 Å². The Bertz CT molecular complexity index is 1500. The molecule has 0 aliphatic heterocycles. The molecule has 0 fully saturated rings.